The molecule has 1 unspecified atom stereocenters. The minimum atomic E-state index is 0. The van der Waals surface area contributed by atoms with Gasteiger partial charge in [0.25, 0.3) is 0 Å². The van der Waals surface area contributed by atoms with E-state index in [-0.39, 0.29) is 30.7 Å². The smallest absolute Gasteiger partial charge is 0.220 e. The maximum Gasteiger partial charge on any atom is 0.220 e. The van der Waals surface area contributed by atoms with Gasteiger partial charge in [-0.15, -0.1) is 24.8 Å². The van der Waals surface area contributed by atoms with Crippen molar-refractivity contribution in [2.75, 3.05) is 26.2 Å². The van der Waals surface area contributed by atoms with Gasteiger partial charge in [-0.3, -0.25) is 9.69 Å². The van der Waals surface area contributed by atoms with E-state index in [2.05, 4.69) is 53.6 Å². The van der Waals surface area contributed by atoms with Crippen molar-refractivity contribution < 1.29 is 4.79 Å². The summed E-state index contributed by atoms with van der Waals surface area (Å²) < 4.78 is 0. The summed E-state index contributed by atoms with van der Waals surface area (Å²) in [4.78, 5) is 14.3. The average molecular weight is 390 g/mol. The average Bonchev–Trinajstić information content (AvgIpc) is 3.10. The van der Waals surface area contributed by atoms with Gasteiger partial charge in [-0.1, -0.05) is 38.1 Å². The summed E-state index contributed by atoms with van der Waals surface area (Å²) in [5, 5.41) is 6.38. The molecule has 4 nitrogen and oxygen atoms in total. The molecular formula is C19H33Cl2N3O. The van der Waals surface area contributed by atoms with Gasteiger partial charge in [0.1, 0.15) is 0 Å². The third kappa shape index (κ3) is 8.91. The van der Waals surface area contributed by atoms with E-state index in [4.69, 9.17) is 0 Å². The van der Waals surface area contributed by atoms with Crippen molar-refractivity contribution in [2.24, 2.45) is 5.92 Å². The zero-order valence-corrected chi connectivity index (χ0v) is 17.1. The van der Waals surface area contributed by atoms with Crippen molar-refractivity contribution in [3.8, 4) is 0 Å². The summed E-state index contributed by atoms with van der Waals surface area (Å²) in [5.74, 6) is 0.851. The number of nitrogens with zero attached hydrogens (tertiary/aromatic N) is 1. The molecule has 1 atom stereocenters. The highest BCUT2D eigenvalue weighted by atomic mass is 35.5. The lowest BCUT2D eigenvalue weighted by Gasteiger charge is -2.18. The topological polar surface area (TPSA) is 44.4 Å². The van der Waals surface area contributed by atoms with Crippen molar-refractivity contribution in [1.29, 1.82) is 0 Å². The maximum atomic E-state index is 11.9. The van der Waals surface area contributed by atoms with Crippen LogP contribution in [0.25, 0.3) is 0 Å². The summed E-state index contributed by atoms with van der Waals surface area (Å²) in [6, 6.07) is 8.59. The second kappa shape index (κ2) is 13.4. The van der Waals surface area contributed by atoms with Gasteiger partial charge in [0.15, 0.2) is 0 Å². The van der Waals surface area contributed by atoms with Gasteiger partial charge in [-0.25, -0.2) is 0 Å². The number of carbonyl (C=O) groups excluding carboxylic acids is 1. The zero-order chi connectivity index (χ0) is 16.5. The number of halogens is 2. The Morgan fingerprint density at radius 2 is 1.80 bits per heavy atom. The summed E-state index contributed by atoms with van der Waals surface area (Å²) in [6.07, 6.45) is 2.86. The number of benzene rings is 1. The van der Waals surface area contributed by atoms with Crippen LogP contribution < -0.4 is 10.6 Å². The second-order valence-electron chi connectivity index (χ2n) is 6.45. The minimum Gasteiger partial charge on any atom is -0.352 e. The Labute approximate surface area is 164 Å². The molecule has 6 heteroatoms. The van der Waals surface area contributed by atoms with Crippen LogP contribution in [-0.4, -0.2) is 37.0 Å². The first-order valence-corrected chi connectivity index (χ1v) is 8.98. The molecule has 1 aromatic carbocycles. The van der Waals surface area contributed by atoms with Crippen LogP contribution in [0, 0.1) is 5.92 Å². The van der Waals surface area contributed by atoms with Gasteiger partial charge >= 0.3 is 0 Å². The summed E-state index contributed by atoms with van der Waals surface area (Å²) in [7, 11) is 0. The van der Waals surface area contributed by atoms with Crippen LogP contribution in [0.2, 0.25) is 0 Å². The van der Waals surface area contributed by atoms with Crippen LogP contribution >= 0.6 is 24.8 Å². The Kier molecular flexibility index (Phi) is 13.0. The van der Waals surface area contributed by atoms with Crippen LogP contribution in [0.3, 0.4) is 0 Å². The number of carbonyl (C=O) groups is 1. The van der Waals surface area contributed by atoms with Crippen LogP contribution in [0.1, 0.15) is 44.2 Å². The fourth-order valence-electron chi connectivity index (χ4n) is 3.05. The van der Waals surface area contributed by atoms with Gasteiger partial charge in [0, 0.05) is 19.5 Å². The monoisotopic (exact) mass is 389 g/mol. The number of hydrogen-bond donors (Lipinski definition) is 2. The lowest BCUT2D eigenvalue weighted by atomic mass is 10.0. The number of rotatable bonds is 9. The van der Waals surface area contributed by atoms with Gasteiger partial charge in [0.05, 0.1) is 0 Å². The van der Waals surface area contributed by atoms with Crippen LogP contribution in [0.4, 0.5) is 0 Å². The standard InChI is InChI=1S/C19H31N3O.2ClH/c1-3-22(4-2)15-18-7-5-16(6-8-18)14-21-19(23)10-9-17-11-12-20-13-17;;/h5-8,17,20H,3-4,9-15H2,1-2H3,(H,21,23);2*1H. The molecular weight excluding hydrogens is 357 g/mol. The maximum absolute atomic E-state index is 11.9. The van der Waals surface area contributed by atoms with Crippen molar-refractivity contribution in [3.63, 3.8) is 0 Å². The molecule has 1 fully saturated rings. The molecule has 144 valence electrons. The Morgan fingerprint density at radius 1 is 1.16 bits per heavy atom. The third-order valence-electron chi connectivity index (χ3n) is 4.76. The number of hydrogen-bond acceptors (Lipinski definition) is 3. The Hall–Kier alpha value is -0.810. The molecule has 1 heterocycles. The van der Waals surface area contributed by atoms with Crippen molar-refractivity contribution >= 4 is 30.7 Å². The Balaban J connectivity index is 0.00000288. The molecule has 0 saturated carbocycles. The minimum absolute atomic E-state index is 0. The summed E-state index contributed by atoms with van der Waals surface area (Å²) >= 11 is 0. The molecule has 2 rings (SSSR count). The highest BCUT2D eigenvalue weighted by Gasteiger charge is 2.15. The molecule has 1 amide bonds. The lowest BCUT2D eigenvalue weighted by Crippen LogP contribution is -2.24. The van der Waals surface area contributed by atoms with Gasteiger partial charge in [-0.2, -0.15) is 0 Å². The first kappa shape index (κ1) is 24.2. The van der Waals surface area contributed by atoms with E-state index in [1.54, 1.807) is 0 Å². The molecule has 0 bridgehead atoms. The van der Waals surface area contributed by atoms with Gasteiger partial charge in [0.2, 0.25) is 5.91 Å². The summed E-state index contributed by atoms with van der Waals surface area (Å²) in [5.41, 5.74) is 2.50. The Bertz CT molecular complexity index is 472. The molecule has 2 N–H and O–H groups in total. The Morgan fingerprint density at radius 3 is 2.36 bits per heavy atom. The van der Waals surface area contributed by atoms with E-state index in [1.165, 1.54) is 17.5 Å². The van der Waals surface area contributed by atoms with Gasteiger partial charge in [-0.05, 0) is 56.1 Å². The van der Waals surface area contributed by atoms with Crippen LogP contribution in [0.5, 0.6) is 0 Å². The van der Waals surface area contributed by atoms with E-state index in [0.717, 1.165) is 39.1 Å². The van der Waals surface area contributed by atoms with E-state index >= 15 is 0 Å². The zero-order valence-electron chi connectivity index (χ0n) is 15.4. The highest BCUT2D eigenvalue weighted by molar-refractivity contribution is 5.85. The van der Waals surface area contributed by atoms with Crippen LogP contribution in [-0.2, 0) is 17.9 Å². The highest BCUT2D eigenvalue weighted by Crippen LogP contribution is 2.14. The predicted octanol–water partition coefficient (Wildman–Crippen LogP) is 3.38. The quantitative estimate of drug-likeness (QED) is 0.680. The molecule has 1 aliphatic rings. The SMILES string of the molecule is CCN(CC)Cc1ccc(CNC(=O)CCC2CCNC2)cc1.Cl.Cl. The van der Waals surface area contributed by atoms with Crippen molar-refractivity contribution in [1.82, 2.24) is 15.5 Å². The molecule has 0 spiro atoms. The molecule has 1 saturated heterocycles. The lowest BCUT2D eigenvalue weighted by molar-refractivity contribution is -0.121. The van der Waals surface area contributed by atoms with E-state index < -0.39 is 0 Å². The predicted molar refractivity (Wildman–Crippen MR) is 110 cm³/mol. The molecule has 1 aromatic rings. The normalized spacial score (nSPS) is 16.2. The first-order valence-electron chi connectivity index (χ1n) is 8.98. The van der Waals surface area contributed by atoms with E-state index in [1.807, 2.05) is 0 Å². The summed E-state index contributed by atoms with van der Waals surface area (Å²) in [6.45, 7) is 10.3. The van der Waals surface area contributed by atoms with E-state index in [0.29, 0.717) is 18.9 Å². The molecule has 0 aliphatic carbocycles. The van der Waals surface area contributed by atoms with Crippen molar-refractivity contribution in [2.45, 2.75) is 46.2 Å². The van der Waals surface area contributed by atoms with Crippen molar-refractivity contribution in [3.05, 3.63) is 35.4 Å². The first-order chi connectivity index (χ1) is 11.2. The molecule has 25 heavy (non-hydrogen) atoms. The van der Waals surface area contributed by atoms with Crippen LogP contribution in [0.15, 0.2) is 24.3 Å². The molecule has 1 aliphatic heterocycles. The second-order valence-corrected chi connectivity index (χ2v) is 6.45. The fourth-order valence-corrected chi connectivity index (χ4v) is 3.05. The molecule has 0 aromatic heterocycles. The third-order valence-corrected chi connectivity index (χ3v) is 4.76. The number of amides is 1. The van der Waals surface area contributed by atoms with E-state index in [9.17, 15) is 4.79 Å². The molecule has 0 radical (unpaired) electrons. The number of nitrogens with one attached hydrogen (secondary N) is 2. The van der Waals surface area contributed by atoms with Gasteiger partial charge < -0.3 is 10.6 Å². The largest absolute Gasteiger partial charge is 0.352 e. The fraction of sp³-hybridized carbons (Fsp3) is 0.632.